The van der Waals surface area contributed by atoms with Crippen LogP contribution in [0.4, 0.5) is 0 Å². The summed E-state index contributed by atoms with van der Waals surface area (Å²) in [4.78, 5) is 0. The molecule has 0 amide bonds. The number of nitrogens with one attached hydrogen (secondary N) is 1. The third-order valence-corrected chi connectivity index (χ3v) is 5.33. The summed E-state index contributed by atoms with van der Waals surface area (Å²) in [6.45, 7) is 6.53. The first-order valence-electron chi connectivity index (χ1n) is 11.2. The van der Waals surface area contributed by atoms with E-state index in [0.29, 0.717) is 32.3 Å². The molecule has 3 aromatic carbocycles. The fraction of sp³-hybridized carbons (Fsp3) is 0.259. The maximum absolute atomic E-state index is 6.21. The molecule has 0 aliphatic carbocycles. The molecule has 6 heteroatoms. The van der Waals surface area contributed by atoms with Crippen LogP contribution >= 0.6 is 0 Å². The number of nitrogens with zero attached hydrogens (tertiary/aromatic N) is 3. The number of rotatable bonds is 11. The van der Waals surface area contributed by atoms with Crippen molar-refractivity contribution >= 4 is 0 Å². The second-order valence-electron chi connectivity index (χ2n) is 8.17. The quantitative estimate of drug-likeness (QED) is 0.341. The second kappa shape index (κ2) is 11.3. The third kappa shape index (κ3) is 6.43. The molecule has 0 bridgehead atoms. The van der Waals surface area contributed by atoms with Crippen LogP contribution in [-0.4, -0.2) is 14.8 Å². The minimum atomic E-state index is 0.322. The minimum absolute atomic E-state index is 0.322. The van der Waals surface area contributed by atoms with Crippen LogP contribution in [0.5, 0.6) is 11.5 Å². The Morgan fingerprint density at radius 2 is 1.48 bits per heavy atom. The first-order valence-corrected chi connectivity index (χ1v) is 11.2. The van der Waals surface area contributed by atoms with E-state index in [1.165, 1.54) is 0 Å². The van der Waals surface area contributed by atoms with Crippen LogP contribution in [0.2, 0.25) is 0 Å². The zero-order valence-corrected chi connectivity index (χ0v) is 19.1. The van der Waals surface area contributed by atoms with Gasteiger partial charge < -0.3 is 19.4 Å². The average Bonchev–Trinajstić information content (AvgIpc) is 3.32. The Morgan fingerprint density at radius 3 is 2.15 bits per heavy atom. The van der Waals surface area contributed by atoms with E-state index in [-0.39, 0.29) is 0 Å². The fourth-order valence-electron chi connectivity index (χ4n) is 3.51. The highest BCUT2D eigenvalue weighted by molar-refractivity contribution is 5.41. The van der Waals surface area contributed by atoms with E-state index >= 15 is 0 Å². The summed E-state index contributed by atoms with van der Waals surface area (Å²) >= 11 is 0. The van der Waals surface area contributed by atoms with Crippen molar-refractivity contribution < 1.29 is 9.47 Å². The molecule has 4 aromatic rings. The van der Waals surface area contributed by atoms with Gasteiger partial charge in [-0.3, -0.25) is 0 Å². The van der Waals surface area contributed by atoms with E-state index in [0.717, 1.165) is 34.0 Å². The smallest absolute Gasteiger partial charge is 0.147 e. The second-order valence-corrected chi connectivity index (χ2v) is 8.17. The van der Waals surface area contributed by atoms with Crippen LogP contribution in [0.15, 0.2) is 85.2 Å². The molecule has 170 valence electrons. The van der Waals surface area contributed by atoms with Crippen molar-refractivity contribution in [1.82, 2.24) is 20.1 Å². The topological polar surface area (TPSA) is 61.2 Å². The zero-order valence-electron chi connectivity index (χ0n) is 19.1. The van der Waals surface area contributed by atoms with Gasteiger partial charge in [-0.1, -0.05) is 66.7 Å². The van der Waals surface area contributed by atoms with Gasteiger partial charge in [-0.05, 0) is 31.0 Å². The van der Waals surface area contributed by atoms with Crippen LogP contribution in [0.1, 0.15) is 42.4 Å². The highest BCUT2D eigenvalue weighted by Gasteiger charge is 2.10. The molecule has 4 rings (SSSR count). The summed E-state index contributed by atoms with van der Waals surface area (Å²) in [5.74, 6) is 2.51. The van der Waals surface area contributed by atoms with Gasteiger partial charge in [0.2, 0.25) is 0 Å². The Balaban J connectivity index is 1.44. The van der Waals surface area contributed by atoms with Gasteiger partial charge in [0.25, 0.3) is 0 Å². The Labute approximate surface area is 195 Å². The van der Waals surface area contributed by atoms with Gasteiger partial charge >= 0.3 is 0 Å². The molecule has 0 saturated heterocycles. The number of hydrogen-bond acceptors (Lipinski definition) is 5. The molecule has 0 fully saturated rings. The maximum atomic E-state index is 6.21. The zero-order chi connectivity index (χ0) is 22.9. The molecular weight excluding hydrogens is 412 g/mol. The van der Waals surface area contributed by atoms with Crippen molar-refractivity contribution in [2.24, 2.45) is 0 Å². The normalized spacial score (nSPS) is 11.0. The predicted octanol–water partition coefficient (Wildman–Crippen LogP) is 5.31. The summed E-state index contributed by atoms with van der Waals surface area (Å²) in [6, 6.07) is 26.7. The van der Waals surface area contributed by atoms with Gasteiger partial charge in [0.05, 0.1) is 6.54 Å². The Hall–Kier alpha value is -3.64. The van der Waals surface area contributed by atoms with E-state index in [9.17, 15) is 0 Å². The third-order valence-electron chi connectivity index (χ3n) is 5.33. The lowest BCUT2D eigenvalue weighted by Gasteiger charge is -2.15. The lowest BCUT2D eigenvalue weighted by molar-refractivity contribution is 0.287. The molecule has 0 saturated carbocycles. The standard InChI is InChI=1S/C27H30N4O2/c1-21(2)31-20-29-30-27(31)17-28-16-24-13-14-25(32-18-22-9-5-3-6-10-22)15-26(24)33-19-23-11-7-4-8-12-23/h3-15,20-21,28H,16-19H2,1-2H3. The lowest BCUT2D eigenvalue weighted by atomic mass is 10.1. The number of ether oxygens (including phenoxy) is 2. The summed E-state index contributed by atoms with van der Waals surface area (Å²) in [7, 11) is 0. The van der Waals surface area contributed by atoms with Crippen LogP contribution < -0.4 is 14.8 Å². The molecule has 1 N–H and O–H groups in total. The SMILES string of the molecule is CC(C)n1cnnc1CNCc1ccc(OCc2ccccc2)cc1OCc1ccccc1. The average molecular weight is 443 g/mol. The van der Waals surface area contributed by atoms with Gasteiger partial charge in [0, 0.05) is 24.2 Å². The Kier molecular flexibility index (Phi) is 7.72. The fourth-order valence-corrected chi connectivity index (χ4v) is 3.51. The van der Waals surface area contributed by atoms with Gasteiger partial charge in [-0.25, -0.2) is 0 Å². The first kappa shape index (κ1) is 22.6. The maximum Gasteiger partial charge on any atom is 0.147 e. The van der Waals surface area contributed by atoms with Gasteiger partial charge in [-0.2, -0.15) is 0 Å². The molecule has 1 heterocycles. The van der Waals surface area contributed by atoms with Crippen molar-refractivity contribution in [3.63, 3.8) is 0 Å². The monoisotopic (exact) mass is 442 g/mol. The van der Waals surface area contributed by atoms with Gasteiger partial charge in [0.15, 0.2) is 0 Å². The van der Waals surface area contributed by atoms with Crippen molar-refractivity contribution in [2.75, 3.05) is 0 Å². The van der Waals surface area contributed by atoms with E-state index in [4.69, 9.17) is 9.47 Å². The molecule has 0 atom stereocenters. The van der Waals surface area contributed by atoms with Crippen LogP contribution in [0, 0.1) is 0 Å². The van der Waals surface area contributed by atoms with Gasteiger partial charge in [0.1, 0.15) is 36.9 Å². The molecule has 0 aliphatic rings. The molecular formula is C27H30N4O2. The van der Waals surface area contributed by atoms with Crippen LogP contribution in [0.3, 0.4) is 0 Å². The molecule has 0 spiro atoms. The molecule has 0 radical (unpaired) electrons. The lowest BCUT2D eigenvalue weighted by Crippen LogP contribution is -2.18. The number of aromatic nitrogens is 3. The highest BCUT2D eigenvalue weighted by atomic mass is 16.5. The van der Waals surface area contributed by atoms with Crippen LogP contribution in [-0.2, 0) is 26.3 Å². The molecule has 0 unspecified atom stereocenters. The predicted molar refractivity (Wildman–Crippen MR) is 129 cm³/mol. The molecule has 6 nitrogen and oxygen atoms in total. The number of benzene rings is 3. The van der Waals surface area contributed by atoms with E-state index in [1.807, 2.05) is 48.5 Å². The van der Waals surface area contributed by atoms with Crippen molar-refractivity contribution in [3.05, 3.63) is 108 Å². The Bertz CT molecular complexity index is 1130. The highest BCUT2D eigenvalue weighted by Crippen LogP contribution is 2.27. The first-order chi connectivity index (χ1) is 16.2. The largest absolute Gasteiger partial charge is 0.489 e. The van der Waals surface area contributed by atoms with E-state index in [2.05, 4.69) is 64.3 Å². The Morgan fingerprint density at radius 1 is 0.818 bits per heavy atom. The van der Waals surface area contributed by atoms with Crippen LogP contribution in [0.25, 0.3) is 0 Å². The van der Waals surface area contributed by atoms with E-state index < -0.39 is 0 Å². The minimum Gasteiger partial charge on any atom is -0.489 e. The van der Waals surface area contributed by atoms with Crippen molar-refractivity contribution in [3.8, 4) is 11.5 Å². The van der Waals surface area contributed by atoms with Crippen molar-refractivity contribution in [1.29, 1.82) is 0 Å². The summed E-state index contributed by atoms with van der Waals surface area (Å²) in [6.07, 6.45) is 1.77. The summed E-state index contributed by atoms with van der Waals surface area (Å²) in [5, 5.41) is 11.7. The van der Waals surface area contributed by atoms with E-state index in [1.54, 1.807) is 6.33 Å². The van der Waals surface area contributed by atoms with Gasteiger partial charge in [-0.15, -0.1) is 10.2 Å². The molecule has 1 aromatic heterocycles. The number of hydrogen-bond donors (Lipinski definition) is 1. The molecule has 33 heavy (non-hydrogen) atoms. The summed E-state index contributed by atoms with van der Waals surface area (Å²) < 4.78 is 14.3. The molecule has 0 aliphatic heterocycles. The summed E-state index contributed by atoms with van der Waals surface area (Å²) in [5.41, 5.74) is 3.31. The van der Waals surface area contributed by atoms with Crippen molar-refractivity contribution in [2.45, 2.75) is 46.2 Å².